The molecule has 2 aromatic heterocycles. The Morgan fingerprint density at radius 2 is 2.21 bits per heavy atom. The van der Waals surface area contributed by atoms with Crippen LogP contribution in [0.1, 0.15) is 36.5 Å². The van der Waals surface area contributed by atoms with E-state index in [0.29, 0.717) is 5.69 Å². The summed E-state index contributed by atoms with van der Waals surface area (Å²) in [4.78, 5) is 16.5. The largest absolute Gasteiger partial charge is 0.396 e. The molecule has 1 aromatic carbocycles. The fourth-order valence-corrected chi connectivity index (χ4v) is 3.08. The highest BCUT2D eigenvalue weighted by atomic mass is 16.2. The molecule has 6 heteroatoms. The van der Waals surface area contributed by atoms with Crippen molar-refractivity contribution < 1.29 is 9.90 Å². The Morgan fingerprint density at radius 3 is 2.97 bits per heavy atom. The maximum Gasteiger partial charge on any atom is 0.248 e. The lowest BCUT2D eigenvalue weighted by atomic mass is 10.0. The highest BCUT2D eigenvalue weighted by Crippen LogP contribution is 2.22. The number of pyridine rings is 1. The molecule has 0 unspecified atom stereocenters. The molecule has 0 radical (unpaired) electrons. The maximum absolute atomic E-state index is 12.4. The standard InChI is InChI=1S/C23H24N4O2/c1-2-17-13-21(8-6-18(17)5-3-4-12-28)27-23(29)9-7-19-14-24-11-10-22(19)20-15-25-26-16-20/h7,9-11,13-16,28H,2-5,12H2,1H3,(H,25,26)(H,27,29)/b9-7+. The van der Waals surface area contributed by atoms with E-state index >= 15 is 0 Å². The van der Waals surface area contributed by atoms with E-state index in [9.17, 15) is 4.79 Å². The van der Waals surface area contributed by atoms with Crippen molar-refractivity contribution >= 4 is 17.7 Å². The van der Waals surface area contributed by atoms with Gasteiger partial charge in [-0.3, -0.25) is 14.9 Å². The van der Waals surface area contributed by atoms with Gasteiger partial charge in [0.1, 0.15) is 0 Å². The molecule has 2 heterocycles. The van der Waals surface area contributed by atoms with Crippen LogP contribution in [0, 0.1) is 12.1 Å². The second-order valence-electron chi connectivity index (χ2n) is 6.62. The molecule has 0 aliphatic carbocycles. The normalized spacial score (nSPS) is 10.8. The first-order chi connectivity index (χ1) is 14.2. The minimum absolute atomic E-state index is 0.199. The van der Waals surface area contributed by atoms with Crippen LogP contribution in [0.5, 0.6) is 0 Å². The van der Waals surface area contributed by atoms with Gasteiger partial charge in [0.2, 0.25) is 5.91 Å². The number of nitrogens with zero attached hydrogens (tertiary/aromatic N) is 2. The number of hydrogen-bond donors (Lipinski definition) is 3. The van der Waals surface area contributed by atoms with Crippen molar-refractivity contribution in [1.29, 1.82) is 0 Å². The van der Waals surface area contributed by atoms with Crippen molar-refractivity contribution in [3.05, 3.63) is 71.8 Å². The Labute approximate surface area is 170 Å². The molecule has 1 amide bonds. The monoisotopic (exact) mass is 388 g/mol. The van der Waals surface area contributed by atoms with Gasteiger partial charge < -0.3 is 10.4 Å². The number of aliphatic hydroxyl groups excluding tert-OH is 1. The first-order valence-electron chi connectivity index (χ1n) is 9.70. The van der Waals surface area contributed by atoms with E-state index in [1.165, 1.54) is 6.08 Å². The predicted molar refractivity (Wildman–Crippen MR) is 113 cm³/mol. The third-order valence-corrected chi connectivity index (χ3v) is 4.60. The van der Waals surface area contributed by atoms with Crippen molar-refractivity contribution in [3.8, 4) is 11.1 Å². The van der Waals surface area contributed by atoms with Crippen LogP contribution in [-0.2, 0) is 17.6 Å². The summed E-state index contributed by atoms with van der Waals surface area (Å²) in [5, 5.41) is 18.5. The molecule has 0 saturated heterocycles. The average molecular weight is 388 g/mol. The van der Waals surface area contributed by atoms with Crippen molar-refractivity contribution in [2.75, 3.05) is 11.9 Å². The Hall–Kier alpha value is -3.43. The van der Waals surface area contributed by atoms with E-state index in [2.05, 4.69) is 39.6 Å². The van der Waals surface area contributed by atoms with E-state index in [4.69, 9.17) is 5.11 Å². The lowest BCUT2D eigenvalue weighted by molar-refractivity contribution is -0.111. The zero-order valence-electron chi connectivity index (χ0n) is 16.4. The summed E-state index contributed by atoms with van der Waals surface area (Å²) < 4.78 is 0. The Kier molecular flexibility index (Phi) is 7.15. The molecule has 0 saturated carbocycles. The highest BCUT2D eigenvalue weighted by molar-refractivity contribution is 6.02. The smallest absolute Gasteiger partial charge is 0.248 e. The van der Waals surface area contributed by atoms with E-state index in [0.717, 1.165) is 53.5 Å². The molecular weight excluding hydrogens is 364 g/mol. The van der Waals surface area contributed by atoms with Crippen molar-refractivity contribution in [2.45, 2.75) is 32.6 Å². The first-order valence-corrected chi connectivity index (χ1v) is 9.70. The summed E-state index contributed by atoms with van der Waals surface area (Å²) in [6.07, 6.45) is 13.5. The van der Waals surface area contributed by atoms with Crippen LogP contribution in [0.2, 0.25) is 0 Å². The van der Waals surface area contributed by atoms with Gasteiger partial charge in [0, 0.05) is 48.0 Å². The van der Waals surface area contributed by atoms with E-state index in [-0.39, 0.29) is 12.5 Å². The van der Waals surface area contributed by atoms with Gasteiger partial charge in [0.05, 0.1) is 11.9 Å². The Balaban J connectivity index is 1.68. The summed E-state index contributed by atoms with van der Waals surface area (Å²) in [7, 11) is 0. The van der Waals surface area contributed by atoms with E-state index in [1.54, 1.807) is 30.9 Å². The molecule has 3 rings (SSSR count). The van der Waals surface area contributed by atoms with Gasteiger partial charge in [0.25, 0.3) is 0 Å². The number of aromatic amines is 1. The molecule has 0 aliphatic rings. The van der Waals surface area contributed by atoms with Gasteiger partial charge >= 0.3 is 0 Å². The number of rotatable bonds is 9. The summed E-state index contributed by atoms with van der Waals surface area (Å²) in [5.74, 6) is -0.244. The van der Waals surface area contributed by atoms with Gasteiger partial charge in [-0.05, 0) is 61.1 Å². The minimum atomic E-state index is -0.244. The molecule has 6 nitrogen and oxygen atoms in total. The number of unbranched alkanes of at least 4 members (excludes halogenated alkanes) is 1. The molecule has 0 aliphatic heterocycles. The summed E-state index contributed by atoms with van der Waals surface area (Å²) >= 11 is 0. The second kappa shape index (κ2) is 10.2. The molecule has 0 spiro atoms. The number of aryl methyl sites for hydroxylation is 1. The lowest BCUT2D eigenvalue weighted by Gasteiger charge is -2.07. The summed E-state index contributed by atoms with van der Waals surface area (Å²) in [6, 6.07) is 10.0. The van der Waals surface area contributed by atoms with E-state index in [1.807, 2.05) is 12.1 Å². The lowest BCUT2D eigenvalue weighted by Crippen LogP contribution is -2.08. The van der Waals surface area contributed by atoms with Crippen molar-refractivity contribution in [1.82, 2.24) is 15.2 Å². The van der Waals surface area contributed by atoms with Gasteiger partial charge in [-0.15, -0.1) is 0 Å². The van der Waals surface area contributed by atoms with Crippen molar-refractivity contribution in [2.24, 2.45) is 0 Å². The number of anilines is 1. The molecule has 3 N–H and O–H groups in total. The van der Waals surface area contributed by atoms with Gasteiger partial charge in [0.15, 0.2) is 0 Å². The summed E-state index contributed by atoms with van der Waals surface area (Å²) in [5.41, 5.74) is 5.53. The van der Waals surface area contributed by atoms with Crippen LogP contribution in [0.3, 0.4) is 0 Å². The maximum atomic E-state index is 12.4. The molecule has 148 valence electrons. The molecule has 0 atom stereocenters. The molecule has 3 aromatic rings. The van der Waals surface area contributed by atoms with Crippen LogP contribution < -0.4 is 5.32 Å². The van der Waals surface area contributed by atoms with E-state index < -0.39 is 0 Å². The zero-order valence-corrected chi connectivity index (χ0v) is 16.4. The summed E-state index contributed by atoms with van der Waals surface area (Å²) in [6.45, 7) is 2.27. The van der Waals surface area contributed by atoms with Crippen LogP contribution in [0.15, 0.2) is 43.0 Å². The molecule has 29 heavy (non-hydrogen) atoms. The third kappa shape index (κ3) is 5.53. The minimum Gasteiger partial charge on any atom is -0.396 e. The quantitative estimate of drug-likeness (QED) is 0.386. The number of aromatic nitrogens is 3. The molecule has 0 fully saturated rings. The highest BCUT2D eigenvalue weighted by Gasteiger charge is 2.06. The predicted octanol–water partition coefficient (Wildman–Crippen LogP) is 3.60. The van der Waals surface area contributed by atoms with Gasteiger partial charge in [-0.2, -0.15) is 5.10 Å². The van der Waals surface area contributed by atoms with Crippen LogP contribution in [0.4, 0.5) is 5.69 Å². The number of H-pyrrole nitrogens is 1. The number of carbonyl (C=O) groups is 1. The van der Waals surface area contributed by atoms with Crippen LogP contribution in [-0.4, -0.2) is 32.8 Å². The Bertz CT molecular complexity index is 965. The number of hydrogen-bond acceptors (Lipinski definition) is 4. The van der Waals surface area contributed by atoms with Crippen LogP contribution in [0.25, 0.3) is 17.2 Å². The number of aliphatic hydroxyl groups is 1. The van der Waals surface area contributed by atoms with Gasteiger partial charge in [-0.1, -0.05) is 13.0 Å². The number of nitrogens with one attached hydrogen (secondary N) is 2. The second-order valence-corrected chi connectivity index (χ2v) is 6.62. The average Bonchev–Trinajstić information content (AvgIpc) is 3.28. The first kappa shape index (κ1) is 20.3. The van der Waals surface area contributed by atoms with Crippen LogP contribution >= 0.6 is 0 Å². The SMILES string of the molecule is CCc1cc(NC(=O)/C=C/c2cnccc2-c2cn[nH]c2)c#cc1CCCCO. The fourth-order valence-electron chi connectivity index (χ4n) is 3.08. The third-order valence-electron chi connectivity index (χ3n) is 4.60. The van der Waals surface area contributed by atoms with Gasteiger partial charge in [-0.25, -0.2) is 0 Å². The fraction of sp³-hybridized carbons (Fsp3) is 0.261. The van der Waals surface area contributed by atoms with Crippen molar-refractivity contribution in [3.63, 3.8) is 0 Å². The number of amides is 1. The zero-order chi connectivity index (χ0) is 20.5. The molecule has 0 bridgehead atoms. The molecular formula is C23H24N4O2. The Morgan fingerprint density at radius 1 is 1.31 bits per heavy atom. The topological polar surface area (TPSA) is 90.9 Å². The number of carbonyl (C=O) groups excluding carboxylic acids is 1.